The highest BCUT2D eigenvalue weighted by molar-refractivity contribution is 8.00. The molecular formula is C16H23N3O2S. The van der Waals surface area contributed by atoms with E-state index in [0.717, 1.165) is 31.1 Å². The van der Waals surface area contributed by atoms with Crippen molar-refractivity contribution in [1.82, 2.24) is 15.5 Å². The summed E-state index contributed by atoms with van der Waals surface area (Å²) in [5.74, 6) is 0.364. The van der Waals surface area contributed by atoms with Crippen LogP contribution in [0.1, 0.15) is 24.2 Å². The molecule has 6 heteroatoms. The Hall–Kier alpha value is -1.53. The fraction of sp³-hybridized carbons (Fsp3) is 0.500. The molecule has 0 aromatic heterocycles. The van der Waals surface area contributed by atoms with Crippen molar-refractivity contribution in [2.45, 2.75) is 24.8 Å². The summed E-state index contributed by atoms with van der Waals surface area (Å²) >= 11 is 1.41. The number of piperazine rings is 1. The first-order valence-corrected chi connectivity index (χ1v) is 8.57. The Labute approximate surface area is 135 Å². The molecule has 0 radical (unpaired) electrons. The summed E-state index contributed by atoms with van der Waals surface area (Å²) in [6.45, 7) is 6.99. The van der Waals surface area contributed by atoms with Gasteiger partial charge in [-0.2, -0.15) is 0 Å². The standard InChI is InChI=1S/C16H23N3O2S/c1-12(2)18-15(20)11-22-14-6-4-3-5-13(14)16(21)19-9-7-17-8-10-19/h3-6,12,17H,7-11H2,1-2H3,(H,18,20). The SMILES string of the molecule is CC(C)NC(=O)CSc1ccccc1C(=O)N1CCNCC1. The molecule has 1 saturated heterocycles. The van der Waals surface area contributed by atoms with Gasteiger partial charge in [0.2, 0.25) is 5.91 Å². The number of hydrogen-bond donors (Lipinski definition) is 2. The molecule has 1 aliphatic rings. The van der Waals surface area contributed by atoms with Gasteiger partial charge < -0.3 is 15.5 Å². The summed E-state index contributed by atoms with van der Waals surface area (Å²) in [5, 5.41) is 6.10. The van der Waals surface area contributed by atoms with E-state index in [1.165, 1.54) is 11.8 Å². The van der Waals surface area contributed by atoms with Gasteiger partial charge in [0.05, 0.1) is 11.3 Å². The summed E-state index contributed by atoms with van der Waals surface area (Å²) in [7, 11) is 0. The summed E-state index contributed by atoms with van der Waals surface area (Å²) < 4.78 is 0. The van der Waals surface area contributed by atoms with Crippen LogP contribution in [0.4, 0.5) is 0 Å². The molecular weight excluding hydrogens is 298 g/mol. The van der Waals surface area contributed by atoms with Crippen molar-refractivity contribution >= 4 is 23.6 Å². The molecule has 0 atom stereocenters. The summed E-state index contributed by atoms with van der Waals surface area (Å²) in [6.07, 6.45) is 0. The first kappa shape index (κ1) is 16.8. The molecule has 0 spiro atoms. The molecule has 0 saturated carbocycles. The van der Waals surface area contributed by atoms with Crippen molar-refractivity contribution < 1.29 is 9.59 Å². The van der Waals surface area contributed by atoms with Gasteiger partial charge in [0.15, 0.2) is 0 Å². The van der Waals surface area contributed by atoms with Gasteiger partial charge in [-0.25, -0.2) is 0 Å². The smallest absolute Gasteiger partial charge is 0.255 e. The summed E-state index contributed by atoms with van der Waals surface area (Å²) in [6, 6.07) is 7.64. The van der Waals surface area contributed by atoms with Crippen LogP contribution in [0.2, 0.25) is 0 Å². The third kappa shape index (κ3) is 4.74. The second-order valence-corrected chi connectivity index (χ2v) is 6.57. The zero-order chi connectivity index (χ0) is 15.9. The van der Waals surface area contributed by atoms with Gasteiger partial charge in [-0.3, -0.25) is 9.59 Å². The molecule has 0 bridgehead atoms. The van der Waals surface area contributed by atoms with Crippen LogP contribution in [0.25, 0.3) is 0 Å². The number of benzene rings is 1. The largest absolute Gasteiger partial charge is 0.353 e. The van der Waals surface area contributed by atoms with Crippen molar-refractivity contribution in [3.63, 3.8) is 0 Å². The van der Waals surface area contributed by atoms with Gasteiger partial charge in [0.1, 0.15) is 0 Å². The second-order valence-electron chi connectivity index (χ2n) is 5.55. The summed E-state index contributed by atoms with van der Waals surface area (Å²) in [5.41, 5.74) is 0.687. The molecule has 2 rings (SSSR count). The van der Waals surface area contributed by atoms with Crippen LogP contribution < -0.4 is 10.6 Å². The highest BCUT2D eigenvalue weighted by Gasteiger charge is 2.20. The predicted molar refractivity (Wildman–Crippen MR) is 89.2 cm³/mol. The van der Waals surface area contributed by atoms with Crippen molar-refractivity contribution in [3.05, 3.63) is 29.8 Å². The molecule has 1 heterocycles. The molecule has 2 amide bonds. The molecule has 0 unspecified atom stereocenters. The average molecular weight is 321 g/mol. The number of carbonyl (C=O) groups excluding carboxylic acids is 2. The second kappa shape index (κ2) is 8.19. The first-order valence-electron chi connectivity index (χ1n) is 7.59. The number of hydrogen-bond acceptors (Lipinski definition) is 4. The van der Waals surface area contributed by atoms with E-state index < -0.39 is 0 Å². The third-order valence-electron chi connectivity index (χ3n) is 3.33. The van der Waals surface area contributed by atoms with Gasteiger partial charge in [0.25, 0.3) is 5.91 Å². The van der Waals surface area contributed by atoms with Crippen LogP contribution in [-0.2, 0) is 4.79 Å². The topological polar surface area (TPSA) is 61.4 Å². The molecule has 2 N–H and O–H groups in total. The van der Waals surface area contributed by atoms with E-state index in [1.54, 1.807) is 0 Å². The zero-order valence-electron chi connectivity index (χ0n) is 13.1. The first-order chi connectivity index (χ1) is 10.6. The lowest BCUT2D eigenvalue weighted by atomic mass is 10.2. The van der Waals surface area contributed by atoms with Crippen LogP contribution in [0, 0.1) is 0 Å². The quantitative estimate of drug-likeness (QED) is 0.804. The van der Waals surface area contributed by atoms with Gasteiger partial charge in [-0.05, 0) is 26.0 Å². The lowest BCUT2D eigenvalue weighted by molar-refractivity contribution is -0.119. The third-order valence-corrected chi connectivity index (χ3v) is 4.40. The van der Waals surface area contributed by atoms with Crippen molar-refractivity contribution in [2.24, 2.45) is 0 Å². The van der Waals surface area contributed by atoms with E-state index in [2.05, 4.69) is 10.6 Å². The van der Waals surface area contributed by atoms with Crippen LogP contribution in [0.5, 0.6) is 0 Å². The normalized spacial score (nSPS) is 15.0. The molecule has 1 aliphatic heterocycles. The molecule has 5 nitrogen and oxygen atoms in total. The number of carbonyl (C=O) groups is 2. The number of rotatable bonds is 5. The fourth-order valence-corrected chi connectivity index (χ4v) is 3.17. The van der Waals surface area contributed by atoms with Gasteiger partial charge >= 0.3 is 0 Å². The maximum atomic E-state index is 12.6. The number of thioether (sulfide) groups is 1. The fourth-order valence-electron chi connectivity index (χ4n) is 2.31. The molecule has 120 valence electrons. The van der Waals surface area contributed by atoms with Crippen LogP contribution in [0.15, 0.2) is 29.2 Å². The average Bonchev–Trinajstić information content (AvgIpc) is 2.53. The van der Waals surface area contributed by atoms with E-state index in [1.807, 2.05) is 43.0 Å². The van der Waals surface area contributed by atoms with Crippen molar-refractivity contribution in [2.75, 3.05) is 31.9 Å². The van der Waals surface area contributed by atoms with Gasteiger partial charge in [-0.15, -0.1) is 11.8 Å². The Morgan fingerprint density at radius 3 is 2.64 bits per heavy atom. The Bertz CT molecular complexity index is 528. The Kier molecular flexibility index (Phi) is 6.27. The van der Waals surface area contributed by atoms with E-state index in [-0.39, 0.29) is 17.9 Å². The monoisotopic (exact) mass is 321 g/mol. The Morgan fingerprint density at radius 2 is 1.95 bits per heavy atom. The van der Waals surface area contributed by atoms with Crippen LogP contribution in [0.3, 0.4) is 0 Å². The minimum absolute atomic E-state index is 0.00979. The van der Waals surface area contributed by atoms with E-state index in [9.17, 15) is 9.59 Å². The Morgan fingerprint density at radius 1 is 1.27 bits per heavy atom. The van der Waals surface area contributed by atoms with E-state index in [0.29, 0.717) is 11.3 Å². The van der Waals surface area contributed by atoms with Crippen LogP contribution in [-0.4, -0.2) is 54.7 Å². The summed E-state index contributed by atoms with van der Waals surface area (Å²) in [4.78, 5) is 27.1. The van der Waals surface area contributed by atoms with E-state index >= 15 is 0 Å². The molecule has 22 heavy (non-hydrogen) atoms. The minimum atomic E-state index is -0.00979. The maximum Gasteiger partial charge on any atom is 0.255 e. The number of nitrogens with zero attached hydrogens (tertiary/aromatic N) is 1. The van der Waals surface area contributed by atoms with Crippen molar-refractivity contribution in [1.29, 1.82) is 0 Å². The molecule has 1 aromatic carbocycles. The van der Waals surface area contributed by atoms with Crippen LogP contribution >= 0.6 is 11.8 Å². The van der Waals surface area contributed by atoms with Crippen molar-refractivity contribution in [3.8, 4) is 0 Å². The predicted octanol–water partition coefficient (Wildman–Crippen LogP) is 1.35. The number of nitrogens with one attached hydrogen (secondary N) is 2. The lowest BCUT2D eigenvalue weighted by Gasteiger charge is -2.28. The van der Waals surface area contributed by atoms with Gasteiger partial charge in [-0.1, -0.05) is 12.1 Å². The molecule has 0 aliphatic carbocycles. The lowest BCUT2D eigenvalue weighted by Crippen LogP contribution is -2.46. The highest BCUT2D eigenvalue weighted by Crippen LogP contribution is 2.24. The van der Waals surface area contributed by atoms with Gasteiger partial charge in [0, 0.05) is 37.1 Å². The number of amides is 2. The Balaban J connectivity index is 2.03. The zero-order valence-corrected chi connectivity index (χ0v) is 13.9. The minimum Gasteiger partial charge on any atom is -0.353 e. The van der Waals surface area contributed by atoms with E-state index in [4.69, 9.17) is 0 Å². The molecule has 1 fully saturated rings. The highest BCUT2D eigenvalue weighted by atomic mass is 32.2. The maximum absolute atomic E-state index is 12.6. The molecule has 1 aromatic rings.